The predicted octanol–water partition coefficient (Wildman–Crippen LogP) is 6.79. The van der Waals surface area contributed by atoms with E-state index >= 15 is 0 Å². The first-order valence-electron chi connectivity index (χ1n) is 10.9. The first-order chi connectivity index (χ1) is 16.8. The third kappa shape index (κ3) is 5.59. The zero-order valence-electron chi connectivity index (χ0n) is 19.1. The van der Waals surface area contributed by atoms with Gasteiger partial charge in [0.1, 0.15) is 0 Å². The zero-order valence-corrected chi connectivity index (χ0v) is 20.8. The van der Waals surface area contributed by atoms with Crippen LogP contribution in [0, 0.1) is 0 Å². The normalized spacial score (nSPS) is 11.6. The van der Waals surface area contributed by atoms with E-state index in [1.54, 1.807) is 28.6 Å². The molecule has 1 amide bonds. The van der Waals surface area contributed by atoms with Crippen molar-refractivity contribution in [2.45, 2.75) is 30.4 Å². The van der Waals surface area contributed by atoms with Crippen LogP contribution in [-0.2, 0) is 11.9 Å². The van der Waals surface area contributed by atoms with Gasteiger partial charge in [-0.25, -0.2) is 0 Å². The standard InChI is InChI=1S/C25H23F3N4OS2/c1-3-13-31(2)23(33)20-11-5-4-8-17(20)16-35-24-30-29-22(21-12-7-14-34-21)32(24)19-10-6-9-18(15-19)25(26,27)28/h4-12,14-15H,3,13,16H2,1-2H3. The molecule has 0 saturated carbocycles. The Balaban J connectivity index is 1.70. The minimum atomic E-state index is -4.47. The number of rotatable bonds is 8. The number of benzene rings is 2. The summed E-state index contributed by atoms with van der Waals surface area (Å²) < 4.78 is 41.9. The lowest BCUT2D eigenvalue weighted by Gasteiger charge is -2.18. The smallest absolute Gasteiger partial charge is 0.342 e. The summed E-state index contributed by atoms with van der Waals surface area (Å²) in [5.74, 6) is 0.805. The number of hydrogen-bond acceptors (Lipinski definition) is 5. The summed E-state index contributed by atoms with van der Waals surface area (Å²) in [5, 5.41) is 10.9. The summed E-state index contributed by atoms with van der Waals surface area (Å²) in [5.41, 5.74) is 0.996. The molecule has 2 heterocycles. The van der Waals surface area contributed by atoms with Crippen LogP contribution in [0.3, 0.4) is 0 Å². The second-order valence-electron chi connectivity index (χ2n) is 7.84. The van der Waals surface area contributed by atoms with Gasteiger partial charge in [-0.2, -0.15) is 13.2 Å². The lowest BCUT2D eigenvalue weighted by Crippen LogP contribution is -2.28. The Hall–Kier alpha value is -3.11. The molecule has 2 aromatic heterocycles. The van der Waals surface area contributed by atoms with Crippen molar-refractivity contribution in [2.75, 3.05) is 13.6 Å². The Labute approximate surface area is 209 Å². The van der Waals surface area contributed by atoms with Gasteiger partial charge in [0, 0.05) is 24.9 Å². The topological polar surface area (TPSA) is 51.0 Å². The molecule has 35 heavy (non-hydrogen) atoms. The average Bonchev–Trinajstić information content (AvgIpc) is 3.52. The predicted molar refractivity (Wildman–Crippen MR) is 133 cm³/mol. The van der Waals surface area contributed by atoms with Crippen LogP contribution in [0.2, 0.25) is 0 Å². The Morgan fingerprint density at radius 2 is 1.89 bits per heavy atom. The minimum Gasteiger partial charge on any atom is -0.342 e. The van der Waals surface area contributed by atoms with Crippen molar-refractivity contribution >= 4 is 29.0 Å². The number of nitrogens with zero attached hydrogens (tertiary/aromatic N) is 4. The lowest BCUT2D eigenvalue weighted by molar-refractivity contribution is -0.137. The Morgan fingerprint density at radius 3 is 2.60 bits per heavy atom. The van der Waals surface area contributed by atoms with Gasteiger partial charge in [0.15, 0.2) is 11.0 Å². The van der Waals surface area contributed by atoms with Gasteiger partial charge in [-0.05, 0) is 47.7 Å². The van der Waals surface area contributed by atoms with Crippen molar-refractivity contribution in [1.29, 1.82) is 0 Å². The number of halogens is 3. The minimum absolute atomic E-state index is 0.0679. The maximum Gasteiger partial charge on any atom is 0.416 e. The third-order valence-electron chi connectivity index (χ3n) is 5.32. The largest absolute Gasteiger partial charge is 0.416 e. The van der Waals surface area contributed by atoms with Crippen molar-refractivity contribution < 1.29 is 18.0 Å². The van der Waals surface area contributed by atoms with Crippen molar-refractivity contribution in [3.05, 3.63) is 82.7 Å². The Morgan fingerprint density at radius 1 is 1.09 bits per heavy atom. The van der Waals surface area contributed by atoms with E-state index < -0.39 is 11.7 Å². The average molecular weight is 517 g/mol. The third-order valence-corrected chi connectivity index (χ3v) is 7.16. The van der Waals surface area contributed by atoms with Crippen molar-refractivity contribution in [3.63, 3.8) is 0 Å². The maximum absolute atomic E-state index is 13.4. The fourth-order valence-corrected chi connectivity index (χ4v) is 5.28. The molecule has 2 aromatic carbocycles. The van der Waals surface area contributed by atoms with Gasteiger partial charge in [-0.1, -0.05) is 49.0 Å². The summed E-state index contributed by atoms with van der Waals surface area (Å²) in [7, 11) is 1.77. The molecule has 4 rings (SSSR count). The maximum atomic E-state index is 13.4. The van der Waals surface area contributed by atoms with Crippen molar-refractivity contribution in [2.24, 2.45) is 0 Å². The number of carbonyl (C=O) groups is 1. The molecule has 0 bridgehead atoms. The Bertz CT molecular complexity index is 1300. The quantitative estimate of drug-likeness (QED) is 0.242. The molecule has 0 radical (unpaired) electrons. The van der Waals surface area contributed by atoms with E-state index in [2.05, 4.69) is 10.2 Å². The number of hydrogen-bond donors (Lipinski definition) is 0. The van der Waals surface area contributed by atoms with E-state index in [1.165, 1.54) is 29.2 Å². The molecule has 0 aliphatic carbocycles. The number of alkyl halides is 3. The number of amides is 1. The second-order valence-corrected chi connectivity index (χ2v) is 9.73. The highest BCUT2D eigenvalue weighted by atomic mass is 32.2. The fraction of sp³-hybridized carbons (Fsp3) is 0.240. The highest BCUT2D eigenvalue weighted by Gasteiger charge is 2.31. The van der Waals surface area contributed by atoms with Gasteiger partial charge in [0.2, 0.25) is 0 Å². The molecule has 4 aromatic rings. The van der Waals surface area contributed by atoms with Crippen molar-refractivity contribution in [1.82, 2.24) is 19.7 Å². The lowest BCUT2D eigenvalue weighted by atomic mass is 10.1. The van der Waals surface area contributed by atoms with E-state index in [-0.39, 0.29) is 5.91 Å². The molecule has 182 valence electrons. The van der Waals surface area contributed by atoms with Gasteiger partial charge in [0.25, 0.3) is 5.91 Å². The number of aromatic nitrogens is 3. The van der Waals surface area contributed by atoms with E-state index in [0.717, 1.165) is 29.0 Å². The van der Waals surface area contributed by atoms with Crippen molar-refractivity contribution in [3.8, 4) is 16.4 Å². The van der Waals surface area contributed by atoms with Crippen LogP contribution in [0.25, 0.3) is 16.4 Å². The van der Waals surface area contributed by atoms with Gasteiger partial charge in [0.05, 0.1) is 16.1 Å². The van der Waals surface area contributed by atoms with E-state index in [4.69, 9.17) is 0 Å². The molecule has 0 atom stereocenters. The molecule has 0 saturated heterocycles. The molecule has 0 unspecified atom stereocenters. The molecule has 5 nitrogen and oxygen atoms in total. The SMILES string of the molecule is CCCN(C)C(=O)c1ccccc1CSc1nnc(-c2cccs2)n1-c1cccc(C(F)(F)F)c1. The van der Waals surface area contributed by atoms with Crippen LogP contribution in [0.4, 0.5) is 13.2 Å². The Kier molecular flexibility index (Phi) is 7.61. The van der Waals surface area contributed by atoms with Crippen LogP contribution in [-0.4, -0.2) is 39.2 Å². The summed E-state index contributed by atoms with van der Waals surface area (Å²) in [6.45, 7) is 2.66. The van der Waals surface area contributed by atoms with Crippen LogP contribution < -0.4 is 0 Å². The molecule has 0 fully saturated rings. The van der Waals surface area contributed by atoms with Gasteiger partial charge in [-0.15, -0.1) is 21.5 Å². The summed E-state index contributed by atoms with van der Waals surface area (Å²) in [4.78, 5) is 15.4. The first kappa shape index (κ1) is 25.0. The summed E-state index contributed by atoms with van der Waals surface area (Å²) in [6, 6.07) is 16.2. The number of carbonyl (C=O) groups excluding carboxylic acids is 1. The van der Waals surface area contributed by atoms with Crippen LogP contribution in [0.5, 0.6) is 0 Å². The van der Waals surface area contributed by atoms with Crippen LogP contribution in [0.15, 0.2) is 71.2 Å². The molecule has 0 spiro atoms. The fourth-order valence-electron chi connectivity index (χ4n) is 3.62. The monoisotopic (exact) mass is 516 g/mol. The van der Waals surface area contributed by atoms with E-state index in [0.29, 0.717) is 34.5 Å². The summed E-state index contributed by atoms with van der Waals surface area (Å²) in [6.07, 6.45) is -3.62. The molecular weight excluding hydrogens is 493 g/mol. The van der Waals surface area contributed by atoms with E-state index in [1.807, 2.05) is 42.6 Å². The number of thiophene rings is 1. The second kappa shape index (κ2) is 10.7. The summed E-state index contributed by atoms with van der Waals surface area (Å²) >= 11 is 2.76. The molecular formula is C25H23F3N4OS2. The molecule has 0 N–H and O–H groups in total. The zero-order chi connectivity index (χ0) is 25.0. The van der Waals surface area contributed by atoms with Gasteiger partial charge in [-0.3, -0.25) is 9.36 Å². The van der Waals surface area contributed by atoms with Crippen LogP contribution in [0.1, 0.15) is 34.8 Å². The highest BCUT2D eigenvalue weighted by Crippen LogP contribution is 2.35. The first-order valence-corrected chi connectivity index (χ1v) is 12.8. The molecule has 0 aliphatic rings. The van der Waals surface area contributed by atoms with E-state index in [9.17, 15) is 18.0 Å². The van der Waals surface area contributed by atoms with Gasteiger partial charge < -0.3 is 4.90 Å². The molecule has 0 aliphatic heterocycles. The molecule has 10 heteroatoms. The van der Waals surface area contributed by atoms with Gasteiger partial charge >= 0.3 is 6.18 Å². The van der Waals surface area contributed by atoms with Crippen LogP contribution >= 0.6 is 23.1 Å². The highest BCUT2D eigenvalue weighted by molar-refractivity contribution is 7.98. The number of thioether (sulfide) groups is 1.